The lowest BCUT2D eigenvalue weighted by molar-refractivity contribution is -0.133. The van der Waals surface area contributed by atoms with Gasteiger partial charge in [0.1, 0.15) is 6.26 Å². The van der Waals surface area contributed by atoms with E-state index in [2.05, 4.69) is 4.42 Å². The molecular weight excluding hydrogens is 243 g/mol. The monoisotopic (exact) mass is 251 g/mol. The molecule has 0 unspecified atom stereocenters. The molecule has 0 saturated heterocycles. The molecule has 94 valence electrons. The lowest BCUT2D eigenvalue weighted by atomic mass is 10.3. The first-order valence-electron chi connectivity index (χ1n) is 4.46. The molecule has 17 heavy (non-hydrogen) atoms. The van der Waals surface area contributed by atoms with Crippen LogP contribution >= 0.6 is 0 Å². The van der Waals surface area contributed by atoms with Gasteiger partial charge >= 0.3 is 12.1 Å². The Morgan fingerprint density at radius 1 is 1.41 bits per heavy atom. The minimum Gasteiger partial charge on any atom is -0.478 e. The number of carboxylic acid groups (broad SMARTS) is 1. The normalized spacial score (nSPS) is 11.2. The summed E-state index contributed by atoms with van der Waals surface area (Å²) in [6, 6.07) is 0.936. The zero-order valence-corrected chi connectivity index (χ0v) is 8.37. The first kappa shape index (κ1) is 13.1. The van der Waals surface area contributed by atoms with E-state index in [0.717, 1.165) is 12.3 Å². The molecule has 8 heteroatoms. The number of halogens is 3. The number of carbonyl (C=O) groups excluding carboxylic acids is 1. The van der Waals surface area contributed by atoms with E-state index in [1.165, 1.54) is 0 Å². The van der Waals surface area contributed by atoms with Gasteiger partial charge in [-0.3, -0.25) is 4.79 Å². The molecule has 0 aliphatic heterocycles. The van der Waals surface area contributed by atoms with Gasteiger partial charge in [-0.15, -0.1) is 0 Å². The topological polar surface area (TPSA) is 79.5 Å². The Bertz CT molecular complexity index is 424. The Hall–Kier alpha value is -1.99. The van der Waals surface area contributed by atoms with Crippen LogP contribution in [0.1, 0.15) is 27.3 Å². The predicted molar refractivity (Wildman–Crippen MR) is 48.7 cm³/mol. The van der Waals surface area contributed by atoms with E-state index in [4.69, 9.17) is 5.11 Å². The summed E-state index contributed by atoms with van der Waals surface area (Å²) in [6.45, 7) is -0.592. The van der Waals surface area contributed by atoms with Crippen LogP contribution in [0.5, 0.6) is 0 Å². The fraction of sp³-hybridized carbons (Fsp3) is 0.333. The highest BCUT2D eigenvalue weighted by Crippen LogP contribution is 2.18. The van der Waals surface area contributed by atoms with Crippen molar-refractivity contribution in [2.75, 3.05) is 6.54 Å². The van der Waals surface area contributed by atoms with Gasteiger partial charge in [-0.25, -0.2) is 4.79 Å². The predicted octanol–water partition coefficient (Wildman–Crippen LogP) is 1.66. The average Bonchev–Trinajstić information content (AvgIpc) is 2.63. The first-order chi connectivity index (χ1) is 7.79. The Kier molecular flexibility index (Phi) is 3.77. The van der Waals surface area contributed by atoms with Crippen LogP contribution in [0.3, 0.4) is 0 Å². The molecule has 0 atom stereocenters. The van der Waals surface area contributed by atoms with E-state index in [0.29, 0.717) is 0 Å². The molecule has 0 radical (unpaired) electrons. The van der Waals surface area contributed by atoms with E-state index in [1.807, 2.05) is 5.32 Å². The van der Waals surface area contributed by atoms with Crippen LogP contribution in [0.2, 0.25) is 0 Å². The van der Waals surface area contributed by atoms with Gasteiger partial charge in [0.2, 0.25) is 0 Å². The smallest absolute Gasteiger partial charge is 0.390 e. The quantitative estimate of drug-likeness (QED) is 0.852. The molecule has 1 aromatic rings. The summed E-state index contributed by atoms with van der Waals surface area (Å²) in [4.78, 5) is 21.6. The highest BCUT2D eigenvalue weighted by atomic mass is 19.4. The van der Waals surface area contributed by atoms with Crippen molar-refractivity contribution in [3.05, 3.63) is 23.7 Å². The summed E-state index contributed by atoms with van der Waals surface area (Å²) in [6.07, 6.45) is -4.69. The molecule has 0 bridgehead atoms. The summed E-state index contributed by atoms with van der Waals surface area (Å²) in [5.74, 6) is -2.52. The van der Waals surface area contributed by atoms with Crippen LogP contribution < -0.4 is 5.32 Å². The van der Waals surface area contributed by atoms with Crippen LogP contribution in [0, 0.1) is 0 Å². The Labute approximate surface area is 93.2 Å². The summed E-state index contributed by atoms with van der Waals surface area (Å²) in [7, 11) is 0. The maximum absolute atomic E-state index is 11.8. The van der Waals surface area contributed by atoms with Gasteiger partial charge in [0.05, 0.1) is 12.0 Å². The lowest BCUT2D eigenvalue weighted by Crippen LogP contribution is -2.27. The first-order valence-corrected chi connectivity index (χ1v) is 4.46. The van der Waals surface area contributed by atoms with Crippen LogP contribution in [-0.2, 0) is 0 Å². The summed E-state index contributed by atoms with van der Waals surface area (Å²) in [5, 5.41) is 10.5. The molecule has 1 aromatic heterocycles. The molecule has 0 aliphatic carbocycles. The molecule has 2 N–H and O–H groups in total. The van der Waals surface area contributed by atoms with Crippen LogP contribution in [0.15, 0.2) is 16.7 Å². The number of hydrogen-bond donors (Lipinski definition) is 2. The van der Waals surface area contributed by atoms with Crippen molar-refractivity contribution in [3.63, 3.8) is 0 Å². The van der Waals surface area contributed by atoms with Gasteiger partial charge in [0.25, 0.3) is 5.91 Å². The van der Waals surface area contributed by atoms with Gasteiger partial charge in [0, 0.05) is 12.6 Å². The molecule has 1 amide bonds. The molecule has 0 saturated carbocycles. The summed E-state index contributed by atoms with van der Waals surface area (Å²) >= 11 is 0. The molecule has 0 aliphatic rings. The van der Waals surface area contributed by atoms with Crippen molar-refractivity contribution < 1.29 is 32.3 Å². The second kappa shape index (κ2) is 4.89. The molecule has 0 aromatic carbocycles. The standard InChI is InChI=1S/C9H8F3NO4/c10-9(11,12)1-2-13-7(14)6-3-5(4-17-6)8(15)16/h3-4H,1-2H2,(H,13,14)(H,15,16). The number of aromatic carboxylic acids is 1. The Morgan fingerprint density at radius 3 is 2.53 bits per heavy atom. The molecule has 5 nitrogen and oxygen atoms in total. The molecule has 1 heterocycles. The van der Waals surface area contributed by atoms with Gasteiger partial charge < -0.3 is 14.8 Å². The van der Waals surface area contributed by atoms with E-state index < -0.39 is 31.0 Å². The van der Waals surface area contributed by atoms with E-state index in [-0.39, 0.29) is 11.3 Å². The fourth-order valence-corrected chi connectivity index (χ4v) is 0.972. The maximum atomic E-state index is 11.8. The molecule has 0 fully saturated rings. The number of alkyl halides is 3. The van der Waals surface area contributed by atoms with E-state index >= 15 is 0 Å². The van der Waals surface area contributed by atoms with Crippen molar-refractivity contribution in [3.8, 4) is 0 Å². The highest BCUT2D eigenvalue weighted by Gasteiger charge is 2.27. The lowest BCUT2D eigenvalue weighted by Gasteiger charge is -2.06. The SMILES string of the molecule is O=C(O)c1coc(C(=O)NCCC(F)(F)F)c1. The fourth-order valence-electron chi connectivity index (χ4n) is 0.972. The molecular formula is C9H8F3NO4. The minimum absolute atomic E-state index is 0.244. The average molecular weight is 251 g/mol. The largest absolute Gasteiger partial charge is 0.478 e. The third-order valence-corrected chi connectivity index (χ3v) is 1.76. The highest BCUT2D eigenvalue weighted by molar-refractivity contribution is 5.95. The summed E-state index contributed by atoms with van der Waals surface area (Å²) < 4.78 is 39.9. The van der Waals surface area contributed by atoms with Gasteiger partial charge in [-0.1, -0.05) is 0 Å². The minimum atomic E-state index is -4.36. The van der Waals surface area contributed by atoms with Gasteiger partial charge in [-0.2, -0.15) is 13.2 Å². The Balaban J connectivity index is 2.50. The number of rotatable bonds is 4. The third-order valence-electron chi connectivity index (χ3n) is 1.76. The second-order valence-corrected chi connectivity index (χ2v) is 3.13. The van der Waals surface area contributed by atoms with Crippen LogP contribution in [0.25, 0.3) is 0 Å². The second-order valence-electron chi connectivity index (χ2n) is 3.13. The number of nitrogens with one attached hydrogen (secondary N) is 1. The number of carbonyl (C=O) groups is 2. The number of furan rings is 1. The van der Waals surface area contributed by atoms with Crippen molar-refractivity contribution in [1.82, 2.24) is 5.32 Å². The van der Waals surface area contributed by atoms with Gasteiger partial charge in [-0.05, 0) is 0 Å². The molecule has 0 spiro atoms. The van der Waals surface area contributed by atoms with Crippen molar-refractivity contribution in [2.24, 2.45) is 0 Å². The van der Waals surface area contributed by atoms with Crippen LogP contribution in [0.4, 0.5) is 13.2 Å². The number of carboxylic acids is 1. The van der Waals surface area contributed by atoms with Crippen molar-refractivity contribution >= 4 is 11.9 Å². The zero-order chi connectivity index (χ0) is 13.1. The third kappa shape index (κ3) is 4.17. The van der Waals surface area contributed by atoms with Crippen molar-refractivity contribution in [1.29, 1.82) is 0 Å². The maximum Gasteiger partial charge on any atom is 0.390 e. The Morgan fingerprint density at radius 2 is 2.06 bits per heavy atom. The number of hydrogen-bond acceptors (Lipinski definition) is 3. The zero-order valence-electron chi connectivity index (χ0n) is 8.37. The van der Waals surface area contributed by atoms with Crippen LogP contribution in [-0.4, -0.2) is 29.7 Å². The number of amides is 1. The van der Waals surface area contributed by atoms with Crippen molar-refractivity contribution in [2.45, 2.75) is 12.6 Å². The summed E-state index contributed by atoms with van der Waals surface area (Å²) in [5.41, 5.74) is -0.244. The molecule has 1 rings (SSSR count). The van der Waals surface area contributed by atoms with Gasteiger partial charge in [0.15, 0.2) is 5.76 Å². The van der Waals surface area contributed by atoms with E-state index in [1.54, 1.807) is 0 Å². The van der Waals surface area contributed by atoms with E-state index in [9.17, 15) is 22.8 Å².